The van der Waals surface area contributed by atoms with Crippen molar-refractivity contribution >= 4 is 34.4 Å². The van der Waals surface area contributed by atoms with Gasteiger partial charge >= 0.3 is 6.09 Å². The van der Waals surface area contributed by atoms with Crippen LogP contribution in [0.25, 0.3) is 0 Å². The molecule has 1 rings (SSSR count). The average Bonchev–Trinajstić information content (AvgIpc) is 2.45. The van der Waals surface area contributed by atoms with Gasteiger partial charge < -0.3 is 20.4 Å². The van der Waals surface area contributed by atoms with E-state index in [0.717, 1.165) is 0 Å². The lowest BCUT2D eigenvalue weighted by molar-refractivity contribution is -0.182. The molecule has 0 aliphatic carbocycles. The van der Waals surface area contributed by atoms with Gasteiger partial charge in [-0.05, 0) is 29.9 Å². The fraction of sp³-hybridized carbons (Fsp3) is 0.357. The zero-order valence-electron chi connectivity index (χ0n) is 11.9. The molecule has 4 N–H and O–H groups in total. The fourth-order valence-electron chi connectivity index (χ4n) is 1.17. The first-order valence-electron chi connectivity index (χ1n) is 6.13. The molecule has 0 saturated carbocycles. The van der Waals surface area contributed by atoms with E-state index in [2.05, 4.69) is 20.2 Å². The zero-order valence-corrected chi connectivity index (χ0v) is 14.1. The number of hydrogen-bond acceptors (Lipinski definition) is 5. The largest absolute Gasteiger partial charge is 0.428 e. The lowest BCUT2D eigenvalue weighted by Crippen LogP contribution is -2.27. The van der Waals surface area contributed by atoms with Crippen molar-refractivity contribution in [1.82, 2.24) is 0 Å². The number of primary amides is 1. The van der Waals surface area contributed by atoms with Gasteiger partial charge in [0.2, 0.25) is 0 Å². The molecular formula is C14H19IN2O4. The van der Waals surface area contributed by atoms with E-state index in [0.29, 0.717) is 18.7 Å². The van der Waals surface area contributed by atoms with Crippen molar-refractivity contribution < 1.29 is 19.5 Å². The molecule has 1 aromatic rings. The van der Waals surface area contributed by atoms with Crippen LogP contribution in [0.15, 0.2) is 30.3 Å². The van der Waals surface area contributed by atoms with Crippen molar-refractivity contribution in [2.45, 2.75) is 26.1 Å². The van der Waals surface area contributed by atoms with E-state index in [1.165, 1.54) is 0 Å². The van der Waals surface area contributed by atoms with Gasteiger partial charge in [-0.25, -0.2) is 10.3 Å². The minimum Gasteiger partial charge on any atom is -0.365 e. The van der Waals surface area contributed by atoms with Gasteiger partial charge in [-0.2, -0.15) is 0 Å². The van der Waals surface area contributed by atoms with E-state index in [1.54, 1.807) is 19.1 Å². The van der Waals surface area contributed by atoms with Crippen LogP contribution in [-0.2, 0) is 9.57 Å². The first kappa shape index (κ1) is 19.5. The summed E-state index contributed by atoms with van der Waals surface area (Å²) in [7, 11) is 0. The number of hydrogen-bond donors (Lipinski definition) is 3. The molecule has 6 nitrogen and oxygen atoms in total. The molecule has 0 fully saturated rings. The molecule has 0 spiro atoms. The highest BCUT2D eigenvalue weighted by Crippen LogP contribution is 2.09. The molecule has 7 heteroatoms. The third-order valence-electron chi connectivity index (χ3n) is 1.98. The van der Waals surface area contributed by atoms with Gasteiger partial charge in [-0.15, -0.1) is 0 Å². The number of carbonyl (C=O) groups is 1. The van der Waals surface area contributed by atoms with Crippen molar-refractivity contribution in [1.29, 1.82) is 0 Å². The number of ether oxygens (including phenoxy) is 1. The Kier molecular flexibility index (Phi) is 10.4. The summed E-state index contributed by atoms with van der Waals surface area (Å²) in [6, 6.07) is 8.99. The van der Waals surface area contributed by atoms with Crippen molar-refractivity contribution in [2.24, 2.45) is 5.73 Å². The van der Waals surface area contributed by atoms with Crippen molar-refractivity contribution in [3.8, 4) is 9.85 Å². The third-order valence-corrected chi connectivity index (χ3v) is 2.36. The van der Waals surface area contributed by atoms with E-state index in [1.807, 2.05) is 47.7 Å². The number of benzene rings is 1. The molecule has 116 valence electrons. The molecule has 1 atom stereocenters. The summed E-state index contributed by atoms with van der Waals surface area (Å²) in [5.74, 6) is 1.66. The van der Waals surface area contributed by atoms with E-state index in [4.69, 9.17) is 10.5 Å². The zero-order chi connectivity index (χ0) is 16.1. The van der Waals surface area contributed by atoms with Crippen molar-refractivity contribution in [3.05, 3.63) is 30.3 Å². The number of nitrogens with one attached hydrogen (secondary N) is 1. The molecule has 0 aliphatic heterocycles. The predicted octanol–water partition coefficient (Wildman–Crippen LogP) is 2.63. The van der Waals surface area contributed by atoms with Crippen LogP contribution >= 0.6 is 22.6 Å². The molecule has 0 radical (unpaired) electrons. The molecule has 0 saturated heterocycles. The first-order chi connectivity index (χ1) is 9.91. The van der Waals surface area contributed by atoms with Gasteiger partial charge in [0.05, 0.1) is 12.1 Å². The minimum absolute atomic E-state index is 0.365. The first-order valence-corrected chi connectivity index (χ1v) is 7.21. The second-order valence-corrected chi connectivity index (χ2v) is 4.48. The van der Waals surface area contributed by atoms with Crippen LogP contribution in [0.2, 0.25) is 0 Å². The quantitative estimate of drug-likeness (QED) is 0.303. The number of amides is 1. The molecule has 1 unspecified atom stereocenters. The summed E-state index contributed by atoms with van der Waals surface area (Å²) >= 11 is 1.93. The molecular weight excluding hydrogens is 387 g/mol. The van der Waals surface area contributed by atoms with Crippen LogP contribution in [0, 0.1) is 9.85 Å². The van der Waals surface area contributed by atoms with Crippen LogP contribution in [-0.4, -0.2) is 23.6 Å². The second-order valence-electron chi connectivity index (χ2n) is 3.95. The van der Waals surface area contributed by atoms with Crippen molar-refractivity contribution in [2.75, 3.05) is 12.1 Å². The molecule has 1 amide bonds. The lowest BCUT2D eigenvalue weighted by Gasteiger charge is -2.19. The van der Waals surface area contributed by atoms with Crippen LogP contribution < -0.4 is 11.2 Å². The summed E-state index contributed by atoms with van der Waals surface area (Å²) in [6.45, 7) is 3.96. The maximum absolute atomic E-state index is 10.1. The highest BCUT2D eigenvalue weighted by molar-refractivity contribution is 14.1. The Bertz CT molecular complexity index is 469. The fourth-order valence-corrected chi connectivity index (χ4v) is 1.37. The molecule has 0 aromatic heterocycles. The summed E-state index contributed by atoms with van der Waals surface area (Å²) in [5.41, 5.74) is 7.77. The molecule has 21 heavy (non-hydrogen) atoms. The lowest BCUT2D eigenvalue weighted by atomic mass is 10.2. The van der Waals surface area contributed by atoms with E-state index in [9.17, 15) is 9.90 Å². The van der Waals surface area contributed by atoms with Crippen LogP contribution in [0.4, 0.5) is 10.5 Å². The summed E-state index contributed by atoms with van der Waals surface area (Å²) in [5, 5.41) is 9.32. The molecule has 0 aliphatic rings. The number of para-hydroxylation sites is 1. The SMILES string of the molecule is CCOC(C)(O)CC#CI.NC(=O)ONc1ccccc1. The summed E-state index contributed by atoms with van der Waals surface area (Å²) in [6.07, 6.45) is -0.488. The molecule has 0 heterocycles. The maximum atomic E-state index is 10.1. The third kappa shape index (κ3) is 12.0. The predicted molar refractivity (Wildman–Crippen MR) is 89.4 cm³/mol. The average molecular weight is 406 g/mol. The Morgan fingerprint density at radius 3 is 2.57 bits per heavy atom. The Morgan fingerprint density at radius 2 is 2.10 bits per heavy atom. The Labute approximate surface area is 138 Å². The normalized spacial score (nSPS) is 11.8. The Balaban J connectivity index is 0.000000384. The van der Waals surface area contributed by atoms with Gasteiger partial charge in [0, 0.05) is 29.2 Å². The summed E-state index contributed by atoms with van der Waals surface area (Å²) in [4.78, 5) is 14.4. The number of carbonyl (C=O) groups excluding carboxylic acids is 1. The van der Waals surface area contributed by atoms with Crippen LogP contribution in [0.3, 0.4) is 0 Å². The monoisotopic (exact) mass is 406 g/mol. The highest BCUT2D eigenvalue weighted by Gasteiger charge is 2.17. The maximum Gasteiger partial charge on any atom is 0.428 e. The van der Waals surface area contributed by atoms with Gasteiger partial charge in [-0.3, -0.25) is 0 Å². The Hall–Kier alpha value is -1.50. The number of rotatable bonds is 5. The Morgan fingerprint density at radius 1 is 1.48 bits per heavy atom. The topological polar surface area (TPSA) is 93.8 Å². The number of halogens is 1. The van der Waals surface area contributed by atoms with Gasteiger partial charge in [0.1, 0.15) is 0 Å². The van der Waals surface area contributed by atoms with E-state index in [-0.39, 0.29) is 0 Å². The molecule has 1 aromatic carbocycles. The number of nitrogens with two attached hydrogens (primary N) is 1. The highest BCUT2D eigenvalue weighted by atomic mass is 127. The van der Waals surface area contributed by atoms with Crippen molar-refractivity contribution in [3.63, 3.8) is 0 Å². The van der Waals surface area contributed by atoms with Gasteiger partial charge in [0.25, 0.3) is 0 Å². The van der Waals surface area contributed by atoms with E-state index < -0.39 is 11.9 Å². The minimum atomic E-state index is -1.08. The van der Waals surface area contributed by atoms with E-state index >= 15 is 0 Å². The molecule has 0 bridgehead atoms. The second kappa shape index (κ2) is 11.2. The van der Waals surface area contributed by atoms with Gasteiger partial charge in [0.15, 0.2) is 5.79 Å². The van der Waals surface area contributed by atoms with Crippen LogP contribution in [0.1, 0.15) is 20.3 Å². The van der Waals surface area contributed by atoms with Crippen LogP contribution in [0.5, 0.6) is 0 Å². The number of anilines is 1. The van der Waals surface area contributed by atoms with Gasteiger partial charge in [-0.1, -0.05) is 24.1 Å². The number of aliphatic hydroxyl groups is 1. The smallest absolute Gasteiger partial charge is 0.365 e. The standard InChI is InChI=1S/C7H11IO2.C7H8N2O2/c1-3-10-7(2,9)5-4-6-8;8-7(10)11-9-6-4-2-1-3-5-6/h9H,3,5H2,1-2H3;1-5,9H,(H2,8,10). The summed E-state index contributed by atoms with van der Waals surface area (Å²) < 4.78 is 7.64.